The summed E-state index contributed by atoms with van der Waals surface area (Å²) in [5, 5.41) is 7.61. The van der Waals surface area contributed by atoms with Crippen LogP contribution in [0.5, 0.6) is 5.75 Å². The number of sulfonamides is 1. The minimum atomic E-state index is -3.52. The second-order valence-corrected chi connectivity index (χ2v) is 11.6. The van der Waals surface area contributed by atoms with Gasteiger partial charge in [-0.15, -0.1) is 0 Å². The Labute approximate surface area is 219 Å². The third kappa shape index (κ3) is 6.19. The van der Waals surface area contributed by atoms with Gasteiger partial charge in [0.2, 0.25) is 10.0 Å². The van der Waals surface area contributed by atoms with Crippen molar-refractivity contribution in [1.82, 2.24) is 9.62 Å². The number of amides is 1. The molecule has 4 rings (SSSR count). The number of rotatable bonds is 6. The molecule has 7 nitrogen and oxygen atoms in total. The zero-order valence-corrected chi connectivity index (χ0v) is 22.4. The van der Waals surface area contributed by atoms with Gasteiger partial charge in [-0.3, -0.25) is 10.1 Å². The minimum absolute atomic E-state index is 0.0943. The fourth-order valence-electron chi connectivity index (χ4n) is 3.88. The monoisotopic (exact) mass is 575 g/mol. The van der Waals surface area contributed by atoms with Gasteiger partial charge in [-0.2, -0.15) is 4.31 Å². The lowest BCUT2D eigenvalue weighted by Gasteiger charge is -2.29. The molecule has 3 aromatic carbocycles. The van der Waals surface area contributed by atoms with E-state index in [1.54, 1.807) is 30.3 Å². The molecule has 3 aromatic rings. The highest BCUT2D eigenvalue weighted by Crippen LogP contribution is 2.33. The molecule has 0 unspecified atom stereocenters. The summed E-state index contributed by atoms with van der Waals surface area (Å²) < 4.78 is 33.7. The second kappa shape index (κ2) is 11.0. The molecule has 35 heavy (non-hydrogen) atoms. The summed E-state index contributed by atoms with van der Waals surface area (Å²) in [5.74, 6) is 0.683. The fourth-order valence-corrected chi connectivity index (χ4v) is 6.19. The number of anilines is 1. The van der Waals surface area contributed by atoms with E-state index in [1.165, 1.54) is 4.31 Å². The molecular formula is C25H26BrN3O4S2. The largest absolute Gasteiger partial charge is 0.483 e. The standard InChI is InChI=1S/C25H26BrN3O4S2/c1-17-12-14-29(15-13-17)35(31,32)20-9-7-19(8-10-20)27-25(34)28-23(30)16-33-22-11-6-18-4-2-3-5-21(18)24(22)26/h2-11,17H,12-16H2,1H3,(H2,27,28,30,34). The Bertz CT molecular complexity index is 1340. The number of nitrogens with one attached hydrogen (secondary N) is 2. The normalized spacial score (nSPS) is 15.0. The molecular weight excluding hydrogens is 550 g/mol. The number of thiocarbonyl (C=S) groups is 1. The van der Waals surface area contributed by atoms with Crippen molar-refractivity contribution in [3.63, 3.8) is 0 Å². The van der Waals surface area contributed by atoms with E-state index in [9.17, 15) is 13.2 Å². The van der Waals surface area contributed by atoms with Crippen LogP contribution in [0.4, 0.5) is 5.69 Å². The van der Waals surface area contributed by atoms with E-state index < -0.39 is 15.9 Å². The first-order chi connectivity index (χ1) is 16.7. The Morgan fingerprint density at radius 3 is 2.49 bits per heavy atom. The molecule has 0 saturated carbocycles. The van der Waals surface area contributed by atoms with Crippen molar-refractivity contribution in [1.29, 1.82) is 0 Å². The average molecular weight is 577 g/mol. The van der Waals surface area contributed by atoms with E-state index in [4.69, 9.17) is 17.0 Å². The van der Waals surface area contributed by atoms with Crippen molar-refractivity contribution in [2.45, 2.75) is 24.7 Å². The smallest absolute Gasteiger partial charge is 0.264 e. The molecule has 0 aromatic heterocycles. The van der Waals surface area contributed by atoms with Gasteiger partial charge in [0, 0.05) is 18.8 Å². The van der Waals surface area contributed by atoms with Crippen LogP contribution in [-0.2, 0) is 14.8 Å². The van der Waals surface area contributed by atoms with Gasteiger partial charge in [0.15, 0.2) is 11.7 Å². The Morgan fingerprint density at radius 1 is 1.09 bits per heavy atom. The first-order valence-corrected chi connectivity index (χ1v) is 13.9. The molecule has 1 fully saturated rings. The zero-order chi connectivity index (χ0) is 25.0. The summed E-state index contributed by atoms with van der Waals surface area (Å²) in [4.78, 5) is 12.5. The van der Waals surface area contributed by atoms with Crippen molar-refractivity contribution >= 4 is 65.7 Å². The van der Waals surface area contributed by atoms with Crippen LogP contribution >= 0.6 is 28.1 Å². The number of nitrogens with zero attached hydrogens (tertiary/aromatic N) is 1. The van der Waals surface area contributed by atoms with E-state index >= 15 is 0 Å². The number of benzene rings is 3. The number of piperidine rings is 1. The molecule has 1 heterocycles. The Hall–Kier alpha value is -2.53. The van der Waals surface area contributed by atoms with Gasteiger partial charge in [-0.05, 0) is 88.0 Å². The summed E-state index contributed by atoms with van der Waals surface area (Å²) in [6, 6.07) is 17.9. The van der Waals surface area contributed by atoms with E-state index in [0.717, 1.165) is 28.1 Å². The van der Waals surface area contributed by atoms with Crippen LogP contribution in [0.25, 0.3) is 10.8 Å². The molecule has 0 atom stereocenters. The Balaban J connectivity index is 1.30. The fraction of sp³-hybridized carbons (Fsp3) is 0.280. The number of fused-ring (bicyclic) bond motifs is 1. The third-order valence-electron chi connectivity index (χ3n) is 5.93. The number of ether oxygens (including phenoxy) is 1. The second-order valence-electron chi connectivity index (χ2n) is 8.50. The van der Waals surface area contributed by atoms with Crippen LogP contribution in [0, 0.1) is 5.92 Å². The molecule has 1 amide bonds. The summed E-state index contributed by atoms with van der Waals surface area (Å²) in [7, 11) is -3.52. The molecule has 2 N–H and O–H groups in total. The van der Waals surface area contributed by atoms with Crippen LogP contribution in [-0.4, -0.2) is 43.4 Å². The topological polar surface area (TPSA) is 87.7 Å². The molecule has 1 aliphatic rings. The SMILES string of the molecule is CC1CCN(S(=O)(=O)c2ccc(NC(=S)NC(=O)COc3ccc4ccccc4c3Br)cc2)CC1. The first-order valence-electron chi connectivity index (χ1n) is 11.2. The van der Waals surface area contributed by atoms with Gasteiger partial charge in [0.05, 0.1) is 9.37 Å². The molecule has 1 saturated heterocycles. The number of carbonyl (C=O) groups is 1. The molecule has 184 valence electrons. The van der Waals surface area contributed by atoms with Crippen LogP contribution in [0.1, 0.15) is 19.8 Å². The highest BCUT2D eigenvalue weighted by Gasteiger charge is 2.27. The summed E-state index contributed by atoms with van der Waals surface area (Å²) in [5.41, 5.74) is 0.569. The summed E-state index contributed by atoms with van der Waals surface area (Å²) >= 11 is 8.75. The Kier molecular flexibility index (Phi) is 8.05. The van der Waals surface area contributed by atoms with Gasteiger partial charge in [-0.1, -0.05) is 37.3 Å². The molecule has 0 bridgehead atoms. The van der Waals surface area contributed by atoms with Gasteiger partial charge in [-0.25, -0.2) is 8.42 Å². The van der Waals surface area contributed by atoms with Gasteiger partial charge < -0.3 is 10.1 Å². The van der Waals surface area contributed by atoms with E-state index in [-0.39, 0.29) is 16.6 Å². The molecule has 10 heteroatoms. The maximum absolute atomic E-state index is 12.9. The van der Waals surface area contributed by atoms with Crippen LogP contribution in [0.3, 0.4) is 0 Å². The zero-order valence-electron chi connectivity index (χ0n) is 19.2. The van der Waals surface area contributed by atoms with Gasteiger partial charge in [0.25, 0.3) is 5.91 Å². The lowest BCUT2D eigenvalue weighted by Crippen LogP contribution is -2.38. The van der Waals surface area contributed by atoms with Crippen molar-refractivity contribution in [2.24, 2.45) is 5.92 Å². The maximum atomic E-state index is 12.9. The predicted octanol–water partition coefficient (Wildman–Crippen LogP) is 4.91. The highest BCUT2D eigenvalue weighted by molar-refractivity contribution is 9.10. The number of carbonyl (C=O) groups excluding carboxylic acids is 1. The lowest BCUT2D eigenvalue weighted by atomic mass is 10.0. The van der Waals surface area contributed by atoms with E-state index in [1.807, 2.05) is 30.3 Å². The van der Waals surface area contributed by atoms with E-state index in [0.29, 0.717) is 30.4 Å². The summed E-state index contributed by atoms with van der Waals surface area (Å²) in [6.07, 6.45) is 1.74. The van der Waals surface area contributed by atoms with Gasteiger partial charge >= 0.3 is 0 Å². The molecule has 0 aliphatic carbocycles. The predicted molar refractivity (Wildman–Crippen MR) is 145 cm³/mol. The van der Waals surface area contributed by atoms with Crippen molar-refractivity contribution in [2.75, 3.05) is 25.0 Å². The molecule has 0 spiro atoms. The third-order valence-corrected chi connectivity index (χ3v) is 8.87. The van der Waals surface area contributed by atoms with Gasteiger partial charge in [0.1, 0.15) is 5.75 Å². The van der Waals surface area contributed by atoms with Crippen LogP contribution in [0.2, 0.25) is 0 Å². The summed E-state index contributed by atoms with van der Waals surface area (Å²) in [6.45, 7) is 3.00. The number of halogens is 1. The maximum Gasteiger partial charge on any atom is 0.264 e. The lowest BCUT2D eigenvalue weighted by molar-refractivity contribution is -0.121. The number of hydrogen-bond acceptors (Lipinski definition) is 5. The highest BCUT2D eigenvalue weighted by atomic mass is 79.9. The molecule has 1 aliphatic heterocycles. The van der Waals surface area contributed by atoms with E-state index in [2.05, 4.69) is 33.5 Å². The average Bonchev–Trinajstić information content (AvgIpc) is 2.84. The number of hydrogen-bond donors (Lipinski definition) is 2. The van der Waals surface area contributed by atoms with Crippen LogP contribution < -0.4 is 15.4 Å². The first kappa shape index (κ1) is 25.6. The van der Waals surface area contributed by atoms with Crippen molar-refractivity contribution in [3.8, 4) is 5.75 Å². The van der Waals surface area contributed by atoms with Crippen LogP contribution in [0.15, 0.2) is 70.0 Å². The minimum Gasteiger partial charge on any atom is -0.483 e. The Morgan fingerprint density at radius 2 is 1.77 bits per heavy atom. The molecule has 0 radical (unpaired) electrons. The quantitative estimate of drug-likeness (QED) is 0.406. The van der Waals surface area contributed by atoms with Crippen molar-refractivity contribution < 1.29 is 17.9 Å². The van der Waals surface area contributed by atoms with Crippen molar-refractivity contribution in [3.05, 3.63) is 65.1 Å².